The fraction of sp³-hybridized carbons (Fsp3) is 0.600. The molecule has 1 aromatic heterocycles. The highest BCUT2D eigenvalue weighted by Crippen LogP contribution is 2.27. The Morgan fingerprint density at radius 2 is 1.54 bits per heavy atom. The molecule has 0 saturated heterocycles. The van der Waals surface area contributed by atoms with Gasteiger partial charge in [-0.3, -0.25) is 0 Å². The number of hydrogen-bond acceptors (Lipinski definition) is 3. The molecule has 28 heavy (non-hydrogen) atoms. The van der Waals surface area contributed by atoms with Crippen molar-refractivity contribution in [1.29, 1.82) is 0 Å². The lowest BCUT2D eigenvalue weighted by molar-refractivity contribution is 0.302. The molecule has 0 bridgehead atoms. The molecule has 2 aromatic rings. The Hall–Kier alpha value is -1.90. The highest BCUT2D eigenvalue weighted by atomic mass is 16.5. The van der Waals surface area contributed by atoms with E-state index in [0.717, 1.165) is 36.1 Å². The van der Waals surface area contributed by atoms with Gasteiger partial charge in [-0.05, 0) is 24.3 Å². The van der Waals surface area contributed by atoms with E-state index in [4.69, 9.17) is 4.74 Å². The average molecular weight is 381 g/mol. The van der Waals surface area contributed by atoms with Crippen LogP contribution in [0.25, 0.3) is 11.4 Å². The average Bonchev–Trinajstić information content (AvgIpc) is 2.75. The second-order valence-electron chi connectivity index (χ2n) is 8.26. The molecule has 1 aliphatic rings. The first-order valence-electron chi connectivity index (χ1n) is 11.4. The van der Waals surface area contributed by atoms with Crippen LogP contribution in [-0.4, -0.2) is 16.6 Å². The fourth-order valence-electron chi connectivity index (χ4n) is 4.13. The van der Waals surface area contributed by atoms with Gasteiger partial charge in [-0.25, -0.2) is 9.97 Å². The van der Waals surface area contributed by atoms with Gasteiger partial charge >= 0.3 is 0 Å². The molecule has 1 aliphatic carbocycles. The molecule has 0 unspecified atom stereocenters. The van der Waals surface area contributed by atoms with E-state index in [1.807, 2.05) is 0 Å². The van der Waals surface area contributed by atoms with Gasteiger partial charge in [0, 0.05) is 5.56 Å². The normalized spacial score (nSPS) is 14.9. The first-order chi connectivity index (χ1) is 13.8. The van der Waals surface area contributed by atoms with Crippen molar-refractivity contribution < 1.29 is 4.74 Å². The molecule has 0 N–H and O–H groups in total. The minimum absolute atomic E-state index is 0.755. The van der Waals surface area contributed by atoms with E-state index in [2.05, 4.69) is 41.2 Å². The van der Waals surface area contributed by atoms with Crippen molar-refractivity contribution in [2.75, 3.05) is 6.61 Å². The molecule has 1 aromatic carbocycles. The van der Waals surface area contributed by atoms with Crippen molar-refractivity contribution in [2.45, 2.75) is 84.0 Å². The lowest BCUT2D eigenvalue weighted by Gasteiger charge is -2.21. The summed E-state index contributed by atoms with van der Waals surface area (Å²) in [4.78, 5) is 9.00. The van der Waals surface area contributed by atoms with Crippen molar-refractivity contribution in [3.05, 3.63) is 42.2 Å². The summed E-state index contributed by atoms with van der Waals surface area (Å²) in [5.74, 6) is 2.42. The number of unbranched alkanes of at least 4 members (excludes halogenated alkanes) is 5. The van der Waals surface area contributed by atoms with Gasteiger partial charge in [0.15, 0.2) is 11.6 Å². The number of aromatic nitrogens is 2. The highest BCUT2D eigenvalue weighted by Gasteiger charge is 2.14. The number of ether oxygens (including phenoxy) is 1. The van der Waals surface area contributed by atoms with Gasteiger partial charge in [-0.15, -0.1) is 0 Å². The molecule has 1 saturated carbocycles. The second kappa shape index (κ2) is 11.8. The van der Waals surface area contributed by atoms with Crippen LogP contribution in [0, 0.1) is 5.92 Å². The largest absolute Gasteiger partial charge is 0.490 e. The first kappa shape index (κ1) is 20.8. The van der Waals surface area contributed by atoms with Crippen molar-refractivity contribution >= 4 is 0 Å². The number of hydrogen-bond donors (Lipinski definition) is 0. The summed E-state index contributed by atoms with van der Waals surface area (Å²) in [7, 11) is 0. The summed E-state index contributed by atoms with van der Waals surface area (Å²) >= 11 is 0. The van der Waals surface area contributed by atoms with E-state index in [0.29, 0.717) is 0 Å². The van der Waals surface area contributed by atoms with Crippen LogP contribution in [0.3, 0.4) is 0 Å². The van der Waals surface area contributed by atoms with Crippen LogP contribution in [0.5, 0.6) is 5.75 Å². The second-order valence-corrected chi connectivity index (χ2v) is 8.26. The summed E-state index contributed by atoms with van der Waals surface area (Å²) in [6.07, 6.45) is 19.5. The predicted molar refractivity (Wildman–Crippen MR) is 117 cm³/mol. The number of benzene rings is 1. The molecular formula is C25H36N2O. The molecule has 1 heterocycles. The molecule has 0 amide bonds. The van der Waals surface area contributed by atoms with Crippen LogP contribution in [0.1, 0.15) is 83.1 Å². The first-order valence-corrected chi connectivity index (χ1v) is 11.4. The Bertz CT molecular complexity index is 660. The summed E-state index contributed by atoms with van der Waals surface area (Å²) in [6, 6.07) is 8.81. The summed E-state index contributed by atoms with van der Waals surface area (Å²) in [6.45, 7) is 3.00. The lowest BCUT2D eigenvalue weighted by atomic mass is 9.85. The molecule has 0 spiro atoms. The van der Waals surface area contributed by atoms with Gasteiger partial charge in [-0.2, -0.15) is 0 Å². The quantitative estimate of drug-likeness (QED) is 0.393. The maximum Gasteiger partial charge on any atom is 0.159 e. The van der Waals surface area contributed by atoms with E-state index < -0.39 is 0 Å². The zero-order valence-electron chi connectivity index (χ0n) is 17.5. The number of nitrogens with zero attached hydrogens (tertiary/aromatic N) is 2. The van der Waals surface area contributed by atoms with E-state index in [9.17, 15) is 0 Å². The molecule has 1 fully saturated rings. The predicted octanol–water partition coefficient (Wildman–Crippen LogP) is 7.01. The van der Waals surface area contributed by atoms with Crippen LogP contribution >= 0.6 is 0 Å². The van der Waals surface area contributed by atoms with E-state index in [1.54, 1.807) is 12.4 Å². The van der Waals surface area contributed by atoms with Gasteiger partial charge in [0.1, 0.15) is 0 Å². The van der Waals surface area contributed by atoms with Crippen molar-refractivity contribution in [3.63, 3.8) is 0 Å². The standard InChI is InChI=1S/C25H36N2O/c1-2-3-4-5-6-10-17-28-24-19-26-25(27-20-24)23-15-13-22(14-16-23)18-21-11-8-7-9-12-21/h13-16,19-21H,2-12,17-18H2,1H3. The molecule has 0 atom stereocenters. The molecule has 3 nitrogen and oxygen atoms in total. The molecule has 3 heteroatoms. The summed E-state index contributed by atoms with van der Waals surface area (Å²) in [5, 5.41) is 0. The van der Waals surface area contributed by atoms with Crippen molar-refractivity contribution in [3.8, 4) is 17.1 Å². The van der Waals surface area contributed by atoms with Gasteiger partial charge in [0.05, 0.1) is 19.0 Å². The molecular weight excluding hydrogens is 344 g/mol. The maximum absolute atomic E-state index is 5.78. The Kier molecular flexibility index (Phi) is 8.80. The Balaban J connectivity index is 1.42. The Morgan fingerprint density at radius 3 is 2.25 bits per heavy atom. The van der Waals surface area contributed by atoms with Crippen LogP contribution in [0.2, 0.25) is 0 Å². The van der Waals surface area contributed by atoms with Crippen molar-refractivity contribution in [1.82, 2.24) is 9.97 Å². The lowest BCUT2D eigenvalue weighted by Crippen LogP contribution is -2.09. The number of rotatable bonds is 11. The molecule has 0 radical (unpaired) electrons. The molecule has 152 valence electrons. The monoisotopic (exact) mass is 380 g/mol. The van der Waals surface area contributed by atoms with E-state index in [1.165, 1.54) is 76.2 Å². The third-order valence-electron chi connectivity index (χ3n) is 5.86. The van der Waals surface area contributed by atoms with Gasteiger partial charge in [-0.1, -0.05) is 95.4 Å². The summed E-state index contributed by atoms with van der Waals surface area (Å²) < 4.78 is 5.78. The van der Waals surface area contributed by atoms with E-state index >= 15 is 0 Å². The SMILES string of the molecule is CCCCCCCCOc1cnc(-c2ccc(CC3CCCCC3)cc2)nc1. The van der Waals surface area contributed by atoms with Crippen molar-refractivity contribution in [2.24, 2.45) is 5.92 Å². The maximum atomic E-state index is 5.78. The van der Waals surface area contributed by atoms with Crippen LogP contribution in [0.15, 0.2) is 36.7 Å². The van der Waals surface area contributed by atoms with Crippen LogP contribution in [-0.2, 0) is 6.42 Å². The van der Waals surface area contributed by atoms with E-state index in [-0.39, 0.29) is 0 Å². The molecule has 0 aliphatic heterocycles. The topological polar surface area (TPSA) is 35.0 Å². The molecule has 3 rings (SSSR count). The fourth-order valence-corrected chi connectivity index (χ4v) is 4.13. The minimum Gasteiger partial charge on any atom is -0.490 e. The third kappa shape index (κ3) is 6.92. The third-order valence-corrected chi connectivity index (χ3v) is 5.86. The van der Waals surface area contributed by atoms with Gasteiger partial charge < -0.3 is 4.74 Å². The Morgan fingerprint density at radius 1 is 0.857 bits per heavy atom. The van der Waals surface area contributed by atoms with Crippen LogP contribution in [0.4, 0.5) is 0 Å². The van der Waals surface area contributed by atoms with Gasteiger partial charge in [0.2, 0.25) is 0 Å². The minimum atomic E-state index is 0.755. The smallest absolute Gasteiger partial charge is 0.159 e. The summed E-state index contributed by atoms with van der Waals surface area (Å²) in [5.41, 5.74) is 2.52. The zero-order valence-corrected chi connectivity index (χ0v) is 17.5. The zero-order chi connectivity index (χ0) is 19.4. The Labute approximate surface area is 171 Å². The van der Waals surface area contributed by atoms with Crippen LogP contribution < -0.4 is 4.74 Å². The highest BCUT2D eigenvalue weighted by molar-refractivity contribution is 5.55. The van der Waals surface area contributed by atoms with Gasteiger partial charge in [0.25, 0.3) is 0 Å².